The number of hydrogen-bond donors (Lipinski definition) is 1. The second-order valence-electron chi connectivity index (χ2n) is 5.37. The molecule has 1 saturated heterocycles. The topological polar surface area (TPSA) is 32.3 Å². The van der Waals surface area contributed by atoms with E-state index in [9.17, 15) is 4.79 Å². The first-order valence-electron chi connectivity index (χ1n) is 6.90. The molecule has 2 aliphatic rings. The summed E-state index contributed by atoms with van der Waals surface area (Å²) in [5.74, 6) is 0.682. The maximum absolute atomic E-state index is 12.4. The van der Waals surface area contributed by atoms with E-state index in [4.69, 9.17) is 0 Å². The van der Waals surface area contributed by atoms with Gasteiger partial charge >= 0.3 is 0 Å². The fourth-order valence-corrected chi connectivity index (χ4v) is 2.64. The van der Waals surface area contributed by atoms with Crippen LogP contribution in [-0.2, 0) is 11.3 Å². The molecule has 0 spiro atoms. The van der Waals surface area contributed by atoms with Crippen LogP contribution in [0.1, 0.15) is 24.8 Å². The molecule has 1 amide bonds. The van der Waals surface area contributed by atoms with Crippen LogP contribution in [0.15, 0.2) is 30.3 Å². The van der Waals surface area contributed by atoms with Crippen LogP contribution in [-0.4, -0.2) is 29.9 Å². The Labute approximate surface area is 108 Å². The van der Waals surface area contributed by atoms with E-state index in [-0.39, 0.29) is 0 Å². The number of amides is 1. The Morgan fingerprint density at radius 2 is 2.00 bits per heavy atom. The van der Waals surface area contributed by atoms with E-state index in [1.54, 1.807) is 0 Å². The Morgan fingerprint density at radius 3 is 2.61 bits per heavy atom. The lowest BCUT2D eigenvalue weighted by Crippen LogP contribution is -2.41. The molecule has 0 aromatic heterocycles. The molecule has 0 radical (unpaired) electrons. The van der Waals surface area contributed by atoms with Crippen LogP contribution in [0.25, 0.3) is 0 Å². The average molecular weight is 244 g/mol. The zero-order valence-corrected chi connectivity index (χ0v) is 10.6. The van der Waals surface area contributed by atoms with Crippen molar-refractivity contribution in [1.82, 2.24) is 10.2 Å². The first-order valence-corrected chi connectivity index (χ1v) is 6.90. The zero-order chi connectivity index (χ0) is 12.4. The highest BCUT2D eigenvalue weighted by Crippen LogP contribution is 2.32. The van der Waals surface area contributed by atoms with Crippen molar-refractivity contribution in [1.29, 1.82) is 0 Å². The number of hydrogen-bond acceptors (Lipinski definition) is 2. The highest BCUT2D eigenvalue weighted by molar-refractivity contribution is 5.81. The highest BCUT2D eigenvalue weighted by Gasteiger charge is 2.36. The Hall–Kier alpha value is -1.35. The molecule has 1 atom stereocenters. The van der Waals surface area contributed by atoms with Crippen molar-refractivity contribution < 1.29 is 4.79 Å². The predicted molar refractivity (Wildman–Crippen MR) is 71.0 cm³/mol. The van der Waals surface area contributed by atoms with Crippen LogP contribution >= 0.6 is 0 Å². The highest BCUT2D eigenvalue weighted by atomic mass is 16.2. The summed E-state index contributed by atoms with van der Waals surface area (Å²) in [5, 5.41) is 3.36. The average Bonchev–Trinajstić information content (AvgIpc) is 3.12. The molecule has 18 heavy (non-hydrogen) atoms. The number of nitrogens with one attached hydrogen (secondary N) is 1. The van der Waals surface area contributed by atoms with Gasteiger partial charge in [-0.15, -0.1) is 0 Å². The van der Waals surface area contributed by atoms with E-state index in [1.165, 1.54) is 5.56 Å². The number of nitrogens with zero attached hydrogens (tertiary/aromatic N) is 1. The van der Waals surface area contributed by atoms with Gasteiger partial charge in [-0.05, 0) is 31.4 Å². The minimum absolute atomic E-state index is 0.314. The summed E-state index contributed by atoms with van der Waals surface area (Å²) < 4.78 is 0. The number of carbonyl (C=O) groups is 1. The Morgan fingerprint density at radius 1 is 1.22 bits per heavy atom. The normalized spacial score (nSPS) is 23.0. The lowest BCUT2D eigenvalue weighted by molar-refractivity contribution is -0.135. The molecule has 3 heteroatoms. The van der Waals surface area contributed by atoms with E-state index in [2.05, 4.69) is 22.3 Å². The summed E-state index contributed by atoms with van der Waals surface area (Å²) in [5.41, 5.74) is 1.23. The van der Waals surface area contributed by atoms with Crippen molar-refractivity contribution in [3.63, 3.8) is 0 Å². The molecule has 1 aromatic rings. The van der Waals surface area contributed by atoms with Gasteiger partial charge in [-0.25, -0.2) is 0 Å². The third kappa shape index (κ3) is 2.56. The van der Waals surface area contributed by atoms with E-state index < -0.39 is 0 Å². The molecule has 3 rings (SSSR count). The molecule has 2 fully saturated rings. The van der Waals surface area contributed by atoms with Gasteiger partial charge in [0, 0.05) is 25.0 Å². The second-order valence-corrected chi connectivity index (χ2v) is 5.37. The first-order chi connectivity index (χ1) is 8.84. The van der Waals surface area contributed by atoms with Crippen LogP contribution in [0.5, 0.6) is 0 Å². The monoisotopic (exact) mass is 244 g/mol. The van der Waals surface area contributed by atoms with Crippen molar-refractivity contribution in [3.05, 3.63) is 35.9 Å². The Bertz CT molecular complexity index is 408. The smallest absolute Gasteiger partial charge is 0.226 e. The fraction of sp³-hybridized carbons (Fsp3) is 0.533. The van der Waals surface area contributed by atoms with Crippen LogP contribution in [0.4, 0.5) is 0 Å². The number of carbonyl (C=O) groups excluding carboxylic acids is 1. The van der Waals surface area contributed by atoms with Crippen molar-refractivity contribution >= 4 is 5.91 Å². The van der Waals surface area contributed by atoms with Crippen molar-refractivity contribution in [2.24, 2.45) is 5.92 Å². The minimum Gasteiger partial charge on any atom is -0.334 e. The lowest BCUT2D eigenvalue weighted by Gasteiger charge is -2.29. The maximum Gasteiger partial charge on any atom is 0.226 e. The quantitative estimate of drug-likeness (QED) is 0.875. The van der Waals surface area contributed by atoms with Crippen LogP contribution in [0.3, 0.4) is 0 Å². The van der Waals surface area contributed by atoms with E-state index in [0.717, 1.165) is 38.9 Å². The maximum atomic E-state index is 12.4. The van der Waals surface area contributed by atoms with Crippen LogP contribution < -0.4 is 5.32 Å². The summed E-state index contributed by atoms with van der Waals surface area (Å²) in [6, 6.07) is 10.7. The number of benzene rings is 1. The lowest BCUT2D eigenvalue weighted by atomic mass is 10.1. The largest absolute Gasteiger partial charge is 0.334 e. The molecule has 0 bridgehead atoms. The molecule has 3 nitrogen and oxygen atoms in total. The molecule has 96 valence electrons. The van der Waals surface area contributed by atoms with Gasteiger partial charge in [-0.1, -0.05) is 30.3 Å². The minimum atomic E-state index is 0.314. The SMILES string of the molecule is O=C(C1CC1)N(Cc1ccccc1)[C@@H]1CCNC1. The summed E-state index contributed by atoms with van der Waals surface area (Å²) in [4.78, 5) is 14.5. The fourth-order valence-electron chi connectivity index (χ4n) is 2.64. The summed E-state index contributed by atoms with van der Waals surface area (Å²) >= 11 is 0. The zero-order valence-electron chi connectivity index (χ0n) is 10.6. The third-order valence-corrected chi connectivity index (χ3v) is 3.88. The van der Waals surface area contributed by atoms with Crippen LogP contribution in [0.2, 0.25) is 0 Å². The van der Waals surface area contributed by atoms with Gasteiger partial charge in [0.1, 0.15) is 0 Å². The van der Waals surface area contributed by atoms with Crippen LogP contribution in [0, 0.1) is 5.92 Å². The molecule has 1 aliphatic carbocycles. The molecule has 1 aromatic carbocycles. The molecular formula is C15H20N2O. The molecule has 1 aliphatic heterocycles. The standard InChI is InChI=1S/C15H20N2O/c18-15(13-6-7-13)17(14-8-9-16-10-14)11-12-4-2-1-3-5-12/h1-5,13-14,16H,6-11H2/t14-/m1/s1. The van der Waals surface area contributed by atoms with E-state index in [1.807, 2.05) is 18.2 Å². The molecule has 1 heterocycles. The van der Waals surface area contributed by atoms with Gasteiger partial charge in [0.05, 0.1) is 0 Å². The molecular weight excluding hydrogens is 224 g/mol. The van der Waals surface area contributed by atoms with Gasteiger partial charge in [0.25, 0.3) is 0 Å². The van der Waals surface area contributed by atoms with Gasteiger partial charge < -0.3 is 10.2 Å². The summed E-state index contributed by atoms with van der Waals surface area (Å²) in [6.07, 6.45) is 3.26. The first kappa shape index (κ1) is 11.7. The van der Waals surface area contributed by atoms with Gasteiger partial charge in [-0.2, -0.15) is 0 Å². The summed E-state index contributed by atoms with van der Waals surface area (Å²) in [6.45, 7) is 2.75. The number of rotatable bonds is 4. The second kappa shape index (κ2) is 5.11. The van der Waals surface area contributed by atoms with E-state index >= 15 is 0 Å². The van der Waals surface area contributed by atoms with Gasteiger partial charge in [0.15, 0.2) is 0 Å². The van der Waals surface area contributed by atoms with E-state index in [0.29, 0.717) is 17.9 Å². The van der Waals surface area contributed by atoms with Crippen molar-refractivity contribution in [2.75, 3.05) is 13.1 Å². The van der Waals surface area contributed by atoms with Crippen molar-refractivity contribution in [2.45, 2.75) is 31.8 Å². The summed E-state index contributed by atoms with van der Waals surface area (Å²) in [7, 11) is 0. The predicted octanol–water partition coefficient (Wildman–Crippen LogP) is 1.79. The van der Waals surface area contributed by atoms with Gasteiger partial charge in [0.2, 0.25) is 5.91 Å². The molecule has 1 N–H and O–H groups in total. The molecule has 1 saturated carbocycles. The molecule has 0 unspecified atom stereocenters. The third-order valence-electron chi connectivity index (χ3n) is 3.88. The Balaban J connectivity index is 1.74. The van der Waals surface area contributed by atoms with Gasteiger partial charge in [-0.3, -0.25) is 4.79 Å². The Kier molecular flexibility index (Phi) is 3.33. The van der Waals surface area contributed by atoms with Crippen molar-refractivity contribution in [3.8, 4) is 0 Å².